The Morgan fingerprint density at radius 3 is 2.45 bits per heavy atom. The van der Waals surface area contributed by atoms with Crippen molar-refractivity contribution in [2.45, 2.75) is 64.3 Å². The van der Waals surface area contributed by atoms with Crippen LogP contribution in [0, 0.1) is 17.8 Å². The average Bonchev–Trinajstić information content (AvgIpc) is 3.57. The van der Waals surface area contributed by atoms with Crippen molar-refractivity contribution < 1.29 is 23.8 Å². The van der Waals surface area contributed by atoms with Crippen LogP contribution in [0.1, 0.15) is 69.0 Å². The summed E-state index contributed by atoms with van der Waals surface area (Å²) in [5.41, 5.74) is 3.67. The van der Waals surface area contributed by atoms with E-state index < -0.39 is 0 Å². The number of allylic oxidation sites excluding steroid dienone is 2. The fourth-order valence-electron chi connectivity index (χ4n) is 7.13. The third-order valence-electron chi connectivity index (χ3n) is 9.29. The second-order valence-electron chi connectivity index (χ2n) is 12.2. The van der Waals surface area contributed by atoms with Crippen molar-refractivity contribution >= 4 is 17.5 Å². The second-order valence-corrected chi connectivity index (χ2v) is 12.2. The Kier molecular flexibility index (Phi) is 10.1. The molecule has 9 heteroatoms. The molecule has 5 rings (SSSR count). The van der Waals surface area contributed by atoms with E-state index in [1.807, 2.05) is 12.1 Å². The Labute approximate surface area is 259 Å². The summed E-state index contributed by atoms with van der Waals surface area (Å²) < 4.78 is 17.1. The van der Waals surface area contributed by atoms with Gasteiger partial charge in [0.2, 0.25) is 23.0 Å². The van der Waals surface area contributed by atoms with Crippen LogP contribution in [-0.4, -0.2) is 46.2 Å². The first-order valence-electron chi connectivity index (χ1n) is 15.8. The van der Waals surface area contributed by atoms with Crippen LogP contribution in [-0.2, 0) is 16.0 Å². The zero-order valence-corrected chi connectivity index (χ0v) is 26.3. The van der Waals surface area contributed by atoms with Gasteiger partial charge in [-0.3, -0.25) is 14.4 Å². The van der Waals surface area contributed by atoms with Gasteiger partial charge in [-0.2, -0.15) is 0 Å². The summed E-state index contributed by atoms with van der Waals surface area (Å²) in [6.07, 6.45) is 11.4. The molecule has 2 amide bonds. The number of amides is 2. The maximum Gasteiger partial charge on any atom is 0.220 e. The lowest BCUT2D eigenvalue weighted by molar-refractivity contribution is -0.121. The van der Waals surface area contributed by atoms with Crippen molar-refractivity contribution in [3.63, 3.8) is 0 Å². The molecule has 9 nitrogen and oxygen atoms in total. The number of rotatable bonds is 13. The summed E-state index contributed by atoms with van der Waals surface area (Å²) in [4.78, 5) is 38.0. The fourth-order valence-corrected chi connectivity index (χ4v) is 7.13. The molecule has 3 aliphatic rings. The van der Waals surface area contributed by atoms with Crippen molar-refractivity contribution in [3.05, 3.63) is 57.8 Å². The number of hydrogen-bond donors (Lipinski definition) is 3. The minimum atomic E-state index is -0.351. The van der Waals surface area contributed by atoms with Crippen LogP contribution in [0.2, 0.25) is 0 Å². The molecule has 3 aliphatic carbocycles. The highest BCUT2D eigenvalue weighted by Gasteiger charge is 2.35. The summed E-state index contributed by atoms with van der Waals surface area (Å²) in [6, 6.07) is 6.94. The van der Waals surface area contributed by atoms with E-state index in [0.29, 0.717) is 60.6 Å². The largest absolute Gasteiger partial charge is 0.493 e. The summed E-state index contributed by atoms with van der Waals surface area (Å²) in [7, 11) is 4.74. The number of nitrogens with one attached hydrogen (secondary N) is 3. The van der Waals surface area contributed by atoms with E-state index >= 15 is 0 Å². The summed E-state index contributed by atoms with van der Waals surface area (Å²) in [5.74, 6) is 3.48. The number of fused-ring (bicyclic) bond motifs is 5. The molecule has 1 saturated carbocycles. The van der Waals surface area contributed by atoms with Crippen LogP contribution in [0.4, 0.5) is 5.69 Å². The van der Waals surface area contributed by atoms with Crippen LogP contribution < -0.4 is 35.6 Å². The zero-order chi connectivity index (χ0) is 31.2. The number of anilines is 1. The van der Waals surface area contributed by atoms with Crippen LogP contribution >= 0.6 is 0 Å². The lowest BCUT2D eigenvalue weighted by atomic mass is 9.93. The lowest BCUT2D eigenvalue weighted by Gasteiger charge is -2.19. The van der Waals surface area contributed by atoms with Gasteiger partial charge in [0.05, 0.1) is 33.1 Å². The molecule has 236 valence electrons. The van der Waals surface area contributed by atoms with Gasteiger partial charge in [-0.25, -0.2) is 0 Å². The third kappa shape index (κ3) is 6.87. The first kappa shape index (κ1) is 31.4. The Morgan fingerprint density at radius 2 is 1.77 bits per heavy atom. The smallest absolute Gasteiger partial charge is 0.220 e. The van der Waals surface area contributed by atoms with Gasteiger partial charge in [0, 0.05) is 32.0 Å². The van der Waals surface area contributed by atoms with Gasteiger partial charge in [-0.05, 0) is 91.2 Å². The minimum Gasteiger partial charge on any atom is -0.493 e. The molecule has 4 atom stereocenters. The van der Waals surface area contributed by atoms with Gasteiger partial charge in [0.1, 0.15) is 0 Å². The molecule has 0 spiro atoms. The molecule has 2 aromatic rings. The van der Waals surface area contributed by atoms with Crippen LogP contribution in [0.3, 0.4) is 0 Å². The molecule has 3 N–H and O–H groups in total. The zero-order valence-electron chi connectivity index (χ0n) is 26.3. The molecule has 2 bridgehead atoms. The van der Waals surface area contributed by atoms with Crippen molar-refractivity contribution in [1.29, 1.82) is 0 Å². The van der Waals surface area contributed by atoms with E-state index in [2.05, 4.69) is 28.1 Å². The van der Waals surface area contributed by atoms with E-state index in [-0.39, 0.29) is 23.3 Å². The number of methoxy groups -OCH3 is 3. The molecule has 0 aromatic heterocycles. The molecule has 2 aromatic carbocycles. The van der Waals surface area contributed by atoms with Crippen molar-refractivity contribution in [2.75, 3.05) is 39.7 Å². The molecule has 0 unspecified atom stereocenters. The molecule has 0 aliphatic heterocycles. The maximum atomic E-state index is 13.5. The van der Waals surface area contributed by atoms with E-state index in [0.717, 1.165) is 54.0 Å². The number of carbonyl (C=O) groups excluding carboxylic acids is 2. The number of aryl methyl sites for hydroxylation is 1. The number of carbonyl (C=O) groups is 2. The number of hydrogen-bond acceptors (Lipinski definition) is 7. The topological polar surface area (TPSA) is 115 Å². The predicted molar refractivity (Wildman–Crippen MR) is 171 cm³/mol. The first-order chi connectivity index (χ1) is 21.3. The summed E-state index contributed by atoms with van der Waals surface area (Å²) in [5, 5.41) is 9.47. The maximum absolute atomic E-state index is 13.5. The Hall–Kier alpha value is -4.01. The predicted octanol–water partition coefficient (Wildman–Crippen LogP) is 5.16. The lowest BCUT2D eigenvalue weighted by Crippen LogP contribution is -2.30. The SMILES string of the molecule is COc1cc2c(c(OC)c1OC)-c1ccc(NCCCCCC(=O)NC[C@@H]3C[C@H]4C=C[C@H]3C4)c(=O)cc1[C@@H](NC(C)=O)CC2. The first-order valence-corrected chi connectivity index (χ1v) is 15.8. The highest BCUT2D eigenvalue weighted by Crippen LogP contribution is 2.50. The third-order valence-corrected chi connectivity index (χ3v) is 9.29. The van der Waals surface area contributed by atoms with Gasteiger partial charge >= 0.3 is 0 Å². The second kappa shape index (κ2) is 14.2. The van der Waals surface area contributed by atoms with Crippen LogP contribution in [0.25, 0.3) is 11.1 Å². The molecule has 44 heavy (non-hydrogen) atoms. The monoisotopic (exact) mass is 603 g/mol. The molecule has 0 saturated heterocycles. The quantitative estimate of drug-likeness (QED) is 0.214. The van der Waals surface area contributed by atoms with Gasteiger partial charge in [-0.15, -0.1) is 0 Å². The molecule has 0 heterocycles. The van der Waals surface area contributed by atoms with Crippen molar-refractivity contribution in [3.8, 4) is 28.4 Å². The van der Waals surface area contributed by atoms with Crippen molar-refractivity contribution in [1.82, 2.24) is 10.6 Å². The molecular weight excluding hydrogens is 558 g/mol. The van der Waals surface area contributed by atoms with Gasteiger partial charge in [0.25, 0.3) is 0 Å². The summed E-state index contributed by atoms with van der Waals surface area (Å²) >= 11 is 0. The van der Waals surface area contributed by atoms with Crippen LogP contribution in [0.15, 0.2) is 41.2 Å². The van der Waals surface area contributed by atoms with E-state index in [9.17, 15) is 14.4 Å². The standard InChI is InChI=1S/C35H45N3O6/c1-21(39)38-28-13-11-24-18-31(42-2)34(43-3)35(44-4)33(24)26-12-14-29(30(40)19-27(26)28)36-15-7-5-6-8-32(41)37-20-25-17-22-9-10-23(25)16-22/h9-10,12,14,18-19,22-23,25,28H,5-8,11,13,15-17,20H2,1-4H3,(H,36,40)(H,37,41)(H,38,39)/t22-,23-,25-,28-/m0/s1. The Balaban J connectivity index is 1.25. The average molecular weight is 604 g/mol. The van der Waals surface area contributed by atoms with E-state index in [1.54, 1.807) is 33.5 Å². The Bertz CT molecular complexity index is 1470. The Morgan fingerprint density at radius 1 is 0.955 bits per heavy atom. The van der Waals surface area contributed by atoms with Crippen molar-refractivity contribution in [2.24, 2.45) is 17.8 Å². The minimum absolute atomic E-state index is 0.127. The molecule has 1 fully saturated rings. The highest BCUT2D eigenvalue weighted by atomic mass is 16.5. The fraction of sp³-hybridized carbons (Fsp3) is 0.514. The highest BCUT2D eigenvalue weighted by molar-refractivity contribution is 5.83. The number of ether oxygens (including phenoxy) is 3. The van der Waals surface area contributed by atoms with Gasteiger partial charge in [-0.1, -0.05) is 24.6 Å². The van der Waals surface area contributed by atoms with Gasteiger partial charge in [0.15, 0.2) is 11.5 Å². The van der Waals surface area contributed by atoms with E-state index in [4.69, 9.17) is 14.2 Å². The van der Waals surface area contributed by atoms with E-state index in [1.165, 1.54) is 19.8 Å². The molecular formula is C35H45N3O6. The number of unbranched alkanes of at least 4 members (excludes halogenated alkanes) is 2. The van der Waals surface area contributed by atoms with Crippen LogP contribution in [0.5, 0.6) is 17.2 Å². The number of benzene rings is 1. The summed E-state index contributed by atoms with van der Waals surface area (Å²) in [6.45, 7) is 2.88. The molecule has 0 radical (unpaired) electrons. The van der Waals surface area contributed by atoms with Gasteiger partial charge < -0.3 is 30.2 Å². The normalized spacial score (nSPS) is 21.1.